The third-order valence-corrected chi connectivity index (χ3v) is 9.38. The minimum Gasteiger partial charge on any atom is -0.347 e. The van der Waals surface area contributed by atoms with Crippen LogP contribution in [0.2, 0.25) is 10.0 Å². The van der Waals surface area contributed by atoms with E-state index in [2.05, 4.69) is 9.71 Å². The smallest absolute Gasteiger partial charge is 0.347 e. The summed E-state index contributed by atoms with van der Waals surface area (Å²) in [5.41, 5.74) is -2.03. The van der Waals surface area contributed by atoms with E-state index >= 15 is 0 Å². The quantitative estimate of drug-likeness (QED) is 0.233. The molecule has 2 aliphatic rings. The molecule has 0 radical (unpaired) electrons. The van der Waals surface area contributed by atoms with Crippen molar-refractivity contribution in [2.75, 3.05) is 11.5 Å². The zero-order valence-corrected chi connectivity index (χ0v) is 20.4. The van der Waals surface area contributed by atoms with Gasteiger partial charge in [-0.1, -0.05) is 23.2 Å². The van der Waals surface area contributed by atoms with Crippen LogP contribution in [0.5, 0.6) is 0 Å². The second kappa shape index (κ2) is 9.06. The molecular weight excluding hydrogens is 572 g/mol. The summed E-state index contributed by atoms with van der Waals surface area (Å²) in [6, 6.07) is 1.90. The predicted octanol–water partition coefficient (Wildman–Crippen LogP) is 7.36. The average molecular weight is 583 g/mol. The maximum Gasteiger partial charge on any atom is 0.418 e. The molecule has 1 aromatic heterocycles. The van der Waals surface area contributed by atoms with E-state index in [9.17, 15) is 35.5 Å². The predicted molar refractivity (Wildman–Crippen MR) is 121 cm³/mol. The summed E-state index contributed by atoms with van der Waals surface area (Å²) in [5.74, 6) is -0.918. The van der Waals surface area contributed by atoms with Gasteiger partial charge in [-0.25, -0.2) is 8.79 Å². The first-order valence-electron chi connectivity index (χ1n) is 9.30. The minimum atomic E-state index is -4.94. The summed E-state index contributed by atoms with van der Waals surface area (Å²) in [6.45, 7) is 0. The topological polar surface area (TPSA) is 41.5 Å². The summed E-state index contributed by atoms with van der Waals surface area (Å²) in [4.78, 5) is 11.6. The summed E-state index contributed by atoms with van der Waals surface area (Å²) in [6.07, 6.45) is -10.7. The maximum atomic E-state index is 14.2. The Morgan fingerprint density at radius 1 is 1.09 bits per heavy atom. The second-order valence-corrected chi connectivity index (χ2v) is 11.4. The van der Waals surface area contributed by atoms with E-state index in [-0.39, 0.29) is 28.6 Å². The molecule has 0 bridgehead atoms. The van der Waals surface area contributed by atoms with Crippen LogP contribution in [0.15, 0.2) is 22.6 Å². The Balaban J connectivity index is 1.71. The molecule has 3 heterocycles. The van der Waals surface area contributed by atoms with Gasteiger partial charge < -0.3 is 5.32 Å². The van der Waals surface area contributed by atoms with Gasteiger partial charge in [0.05, 0.1) is 26.2 Å². The number of alkyl halides is 6. The first-order valence-corrected chi connectivity index (χ1v) is 12.8. The van der Waals surface area contributed by atoms with Crippen molar-refractivity contribution in [3.63, 3.8) is 0 Å². The van der Waals surface area contributed by atoms with E-state index in [1.165, 1.54) is 11.8 Å². The molecule has 0 aliphatic carbocycles. The van der Waals surface area contributed by atoms with Crippen LogP contribution in [0.25, 0.3) is 0 Å². The second-order valence-electron chi connectivity index (χ2n) is 7.44. The monoisotopic (exact) mass is 582 g/mol. The third-order valence-electron chi connectivity index (χ3n) is 5.14. The van der Waals surface area contributed by atoms with Gasteiger partial charge in [0.15, 0.2) is 10.6 Å². The highest BCUT2D eigenvalue weighted by molar-refractivity contribution is 8.00. The Labute approximate surface area is 210 Å². The zero-order chi connectivity index (χ0) is 25.1. The molecule has 1 N–H and O–H groups in total. The largest absolute Gasteiger partial charge is 0.418 e. The van der Waals surface area contributed by atoms with Gasteiger partial charge >= 0.3 is 12.4 Å². The Hall–Kier alpha value is -1.15. The van der Waals surface area contributed by atoms with Gasteiger partial charge in [-0.3, -0.25) is 4.79 Å². The van der Waals surface area contributed by atoms with E-state index in [0.29, 0.717) is 28.9 Å². The number of carbonyl (C=O) groups excluding carboxylic acids is 1. The van der Waals surface area contributed by atoms with E-state index in [4.69, 9.17) is 23.2 Å². The molecule has 0 saturated carbocycles. The molecule has 1 saturated heterocycles. The number of thioether (sulfide) groups is 1. The van der Waals surface area contributed by atoms with Crippen molar-refractivity contribution in [3.8, 4) is 0 Å². The van der Waals surface area contributed by atoms with Crippen molar-refractivity contribution in [2.45, 2.75) is 29.6 Å². The molecule has 1 amide bonds. The summed E-state index contributed by atoms with van der Waals surface area (Å²) in [7, 11) is 0. The van der Waals surface area contributed by atoms with E-state index < -0.39 is 61.3 Å². The van der Waals surface area contributed by atoms with Crippen molar-refractivity contribution < 1.29 is 35.5 Å². The lowest BCUT2D eigenvalue weighted by Crippen LogP contribution is -2.44. The normalized spacial score (nSPS) is 21.4. The number of amides is 1. The molecule has 2 aromatic rings. The third kappa shape index (κ3) is 4.65. The number of carbonyl (C=O) groups is 1. The van der Waals surface area contributed by atoms with Gasteiger partial charge in [-0.2, -0.15) is 38.1 Å². The Kier molecular flexibility index (Phi) is 6.91. The SMILES string of the molecule is O=C(NC1CSC1)c1sc(C2=NSC(c3cc(Cl)c(F)c(Cl)c3)(C(F)(F)F)C2)cc1C(F)(F)F. The molecular formula is C19H11Cl2F7N2OS3. The average Bonchev–Trinajstić information content (AvgIpc) is 3.33. The highest BCUT2D eigenvalue weighted by Gasteiger charge is 2.60. The van der Waals surface area contributed by atoms with Crippen LogP contribution in [-0.2, 0) is 10.9 Å². The molecule has 1 unspecified atom stereocenters. The first-order chi connectivity index (χ1) is 15.7. The van der Waals surface area contributed by atoms with Gasteiger partial charge in [-0.15, -0.1) is 11.3 Å². The number of benzene rings is 1. The highest BCUT2D eigenvalue weighted by atomic mass is 35.5. The number of nitrogens with zero attached hydrogens (tertiary/aromatic N) is 1. The molecule has 184 valence electrons. The summed E-state index contributed by atoms with van der Waals surface area (Å²) < 4.78 is 98.4. The van der Waals surface area contributed by atoms with Gasteiger partial charge in [0.2, 0.25) is 0 Å². The van der Waals surface area contributed by atoms with Crippen LogP contribution in [-0.4, -0.2) is 35.3 Å². The fourth-order valence-corrected chi connectivity index (χ4v) is 6.52. The molecule has 2 aliphatic heterocycles. The first kappa shape index (κ1) is 25.9. The van der Waals surface area contributed by atoms with Crippen molar-refractivity contribution in [1.29, 1.82) is 0 Å². The van der Waals surface area contributed by atoms with Crippen molar-refractivity contribution >= 4 is 69.9 Å². The van der Waals surface area contributed by atoms with Gasteiger partial charge in [0.25, 0.3) is 5.91 Å². The standard InChI is InChI=1S/C19H11Cl2F7N2OS3/c20-10-1-7(2-11(21)14(10)22)17(19(26,27)28)4-12(30-34-17)13-3-9(18(23,24)25)15(33-13)16(31)29-8-5-32-6-8/h1-3,8H,4-6H2,(H,29,31). The van der Waals surface area contributed by atoms with Crippen LogP contribution in [0.3, 0.4) is 0 Å². The number of halogens is 9. The van der Waals surface area contributed by atoms with Gasteiger partial charge in [-0.05, 0) is 35.7 Å². The molecule has 1 fully saturated rings. The van der Waals surface area contributed by atoms with Crippen molar-refractivity contribution in [1.82, 2.24) is 5.32 Å². The zero-order valence-electron chi connectivity index (χ0n) is 16.4. The lowest BCUT2D eigenvalue weighted by molar-refractivity contribution is -0.159. The van der Waals surface area contributed by atoms with Crippen LogP contribution >= 0.6 is 58.2 Å². The van der Waals surface area contributed by atoms with Crippen LogP contribution in [0, 0.1) is 5.82 Å². The van der Waals surface area contributed by atoms with Crippen molar-refractivity contribution in [3.05, 3.63) is 54.9 Å². The number of hydrogen-bond acceptors (Lipinski definition) is 5. The number of thiophene rings is 1. The lowest BCUT2D eigenvalue weighted by atomic mass is 9.91. The van der Waals surface area contributed by atoms with Crippen LogP contribution in [0.4, 0.5) is 30.7 Å². The van der Waals surface area contributed by atoms with E-state index in [1.54, 1.807) is 0 Å². The Morgan fingerprint density at radius 3 is 2.21 bits per heavy atom. The molecule has 3 nitrogen and oxygen atoms in total. The fraction of sp³-hybridized carbons (Fsp3) is 0.368. The number of nitrogens with one attached hydrogen (secondary N) is 1. The van der Waals surface area contributed by atoms with Crippen molar-refractivity contribution in [2.24, 2.45) is 4.40 Å². The summed E-state index contributed by atoms with van der Waals surface area (Å²) in [5, 5.41) is 1.22. The number of rotatable bonds is 4. The number of hydrogen-bond donors (Lipinski definition) is 1. The van der Waals surface area contributed by atoms with Gasteiger partial charge in [0, 0.05) is 24.0 Å². The van der Waals surface area contributed by atoms with E-state index in [1.807, 2.05) is 0 Å². The van der Waals surface area contributed by atoms with Crippen LogP contribution in [0.1, 0.15) is 32.1 Å². The molecule has 0 spiro atoms. The van der Waals surface area contributed by atoms with E-state index in [0.717, 1.165) is 12.1 Å². The molecule has 34 heavy (non-hydrogen) atoms. The van der Waals surface area contributed by atoms with Crippen LogP contribution < -0.4 is 5.32 Å². The molecule has 1 atom stereocenters. The minimum absolute atomic E-state index is 0.0758. The molecule has 15 heteroatoms. The summed E-state index contributed by atoms with van der Waals surface area (Å²) >= 11 is 13.4. The Bertz CT molecular complexity index is 1150. The molecule has 1 aromatic carbocycles. The maximum absolute atomic E-state index is 14.2. The fourth-order valence-electron chi connectivity index (χ4n) is 3.31. The molecule has 4 rings (SSSR count). The highest BCUT2D eigenvalue weighted by Crippen LogP contribution is 2.57. The Morgan fingerprint density at radius 2 is 1.71 bits per heavy atom. The lowest BCUT2D eigenvalue weighted by Gasteiger charge is -2.30. The van der Waals surface area contributed by atoms with Gasteiger partial charge in [0.1, 0.15) is 4.88 Å².